The molecule has 2 aromatic rings. The van der Waals surface area contributed by atoms with Gasteiger partial charge in [-0.3, -0.25) is 9.59 Å². The average molecular weight is 548 g/mol. The first kappa shape index (κ1) is 28.4. The fraction of sp³-hybridized carbons (Fsp3) is 0.588. The molecule has 5 heteroatoms. The second kappa shape index (κ2) is 12.6. The quantitative estimate of drug-likeness (QED) is 0.262. The highest BCUT2D eigenvalue weighted by Crippen LogP contribution is 2.61. The van der Waals surface area contributed by atoms with Gasteiger partial charge in [0.15, 0.2) is 5.78 Å². The van der Waals surface area contributed by atoms with Gasteiger partial charge in [-0.15, -0.1) is 0 Å². The van der Waals surface area contributed by atoms with Crippen LogP contribution in [-0.4, -0.2) is 36.3 Å². The van der Waals surface area contributed by atoms with Crippen molar-refractivity contribution in [1.29, 1.82) is 0 Å². The van der Waals surface area contributed by atoms with Crippen LogP contribution < -0.4 is 5.32 Å². The molecule has 2 aromatic carbocycles. The van der Waals surface area contributed by atoms with Crippen LogP contribution in [0.5, 0.6) is 0 Å². The number of carbonyl (C=O) groups is 2. The summed E-state index contributed by atoms with van der Waals surface area (Å²) in [6, 6.07) is 13.7. The first-order valence-corrected chi connectivity index (χ1v) is 16.3. The zero-order chi connectivity index (χ0) is 27.4. The lowest BCUT2D eigenvalue weighted by molar-refractivity contribution is -0.118. The number of hydrogen-bond acceptors (Lipinski definition) is 4. The average Bonchev–Trinajstić information content (AvgIpc) is 2.90. The van der Waals surface area contributed by atoms with E-state index < -0.39 is 6.04 Å². The summed E-state index contributed by atoms with van der Waals surface area (Å²) in [5.74, 6) is 3.64. The molecule has 0 aromatic heterocycles. The lowest BCUT2D eigenvalue weighted by atomic mass is 9.48. The molecule has 4 aliphatic rings. The van der Waals surface area contributed by atoms with Gasteiger partial charge in [-0.05, 0) is 141 Å². The fourth-order valence-corrected chi connectivity index (χ4v) is 8.63. The molecule has 39 heavy (non-hydrogen) atoms. The zero-order valence-electron chi connectivity index (χ0n) is 24.0. The van der Waals surface area contributed by atoms with Crippen LogP contribution in [0.25, 0.3) is 11.1 Å². The lowest BCUT2D eigenvalue weighted by Gasteiger charge is -2.57. The highest BCUT2D eigenvalue weighted by Gasteiger charge is 2.50. The van der Waals surface area contributed by atoms with Crippen molar-refractivity contribution >= 4 is 23.5 Å². The summed E-state index contributed by atoms with van der Waals surface area (Å²) in [6.45, 7) is 4.96. The largest absolute Gasteiger partial charge is 0.377 e. The van der Waals surface area contributed by atoms with E-state index in [9.17, 15) is 9.59 Å². The number of benzene rings is 2. The Balaban J connectivity index is 1.23. The van der Waals surface area contributed by atoms with E-state index in [0.29, 0.717) is 24.0 Å². The molecule has 1 N–H and O–H groups in total. The van der Waals surface area contributed by atoms with Gasteiger partial charge in [-0.2, -0.15) is 11.8 Å². The highest BCUT2D eigenvalue weighted by molar-refractivity contribution is 7.98. The van der Waals surface area contributed by atoms with Crippen LogP contribution in [0.4, 0.5) is 0 Å². The molecule has 0 aliphatic heterocycles. The number of ether oxygens (including phenoxy) is 1. The van der Waals surface area contributed by atoms with Crippen LogP contribution in [0.2, 0.25) is 0 Å². The minimum Gasteiger partial charge on any atom is -0.377 e. The smallest absolute Gasteiger partial charge is 0.252 e. The number of rotatable bonds is 13. The van der Waals surface area contributed by atoms with Crippen molar-refractivity contribution in [3.63, 3.8) is 0 Å². The van der Waals surface area contributed by atoms with Gasteiger partial charge in [0.2, 0.25) is 0 Å². The molecule has 210 valence electrons. The van der Waals surface area contributed by atoms with Crippen LogP contribution in [0.1, 0.15) is 86.2 Å². The molecule has 0 unspecified atom stereocenters. The van der Waals surface area contributed by atoms with E-state index in [1.807, 2.05) is 30.5 Å². The number of nitrogens with one attached hydrogen (secondary N) is 1. The first-order chi connectivity index (χ1) is 18.9. The molecule has 4 fully saturated rings. The van der Waals surface area contributed by atoms with Gasteiger partial charge < -0.3 is 10.1 Å². The third-order valence-corrected chi connectivity index (χ3v) is 10.2. The van der Waals surface area contributed by atoms with E-state index in [-0.39, 0.29) is 11.7 Å². The normalized spacial score (nSPS) is 26.0. The number of aryl methyl sites for hydroxylation is 1. The summed E-state index contributed by atoms with van der Waals surface area (Å²) in [6.07, 6.45) is 14.0. The summed E-state index contributed by atoms with van der Waals surface area (Å²) >= 11 is 1.68. The number of hydrogen-bond donors (Lipinski definition) is 1. The Bertz CT molecular complexity index is 1140. The standard InChI is InChI=1S/C34H45NO3S/c1-23-7-4-5-8-29(23)31-18-25(9-10-30(31)33(37)35-32(24(2)36)11-14-39-3)22-38-13-6-12-34-19-26-15-27(20-34)17-28(16-26)21-34/h4-5,7-10,18,26-28,32H,6,11-17,19-22H2,1-3H3,(H,35,37)/t26?,27?,28?,32-,34?/m0/s1. The van der Waals surface area contributed by atoms with Crippen molar-refractivity contribution in [2.75, 3.05) is 18.6 Å². The molecule has 6 rings (SSSR count). The van der Waals surface area contributed by atoms with Crippen molar-refractivity contribution in [2.24, 2.45) is 23.2 Å². The van der Waals surface area contributed by atoms with Gasteiger partial charge in [0.05, 0.1) is 12.6 Å². The number of ketones is 1. The third-order valence-electron chi connectivity index (χ3n) is 9.60. The van der Waals surface area contributed by atoms with E-state index in [1.165, 1.54) is 44.9 Å². The Kier molecular flexibility index (Phi) is 9.18. The molecule has 1 atom stereocenters. The van der Waals surface area contributed by atoms with Crippen molar-refractivity contribution in [1.82, 2.24) is 5.32 Å². The van der Waals surface area contributed by atoms with Crippen molar-refractivity contribution < 1.29 is 14.3 Å². The Morgan fingerprint density at radius 1 is 1.03 bits per heavy atom. The topological polar surface area (TPSA) is 55.4 Å². The van der Waals surface area contributed by atoms with E-state index in [0.717, 1.165) is 58.8 Å². The number of amides is 1. The van der Waals surface area contributed by atoms with Gasteiger partial charge >= 0.3 is 0 Å². The first-order valence-electron chi connectivity index (χ1n) is 14.9. The molecular weight excluding hydrogens is 502 g/mol. The van der Waals surface area contributed by atoms with Crippen LogP contribution in [0, 0.1) is 30.1 Å². The molecule has 0 heterocycles. The van der Waals surface area contributed by atoms with Gasteiger partial charge in [-0.1, -0.05) is 30.3 Å². The Morgan fingerprint density at radius 3 is 2.36 bits per heavy atom. The molecule has 1 amide bonds. The van der Waals surface area contributed by atoms with Crippen LogP contribution in [0.15, 0.2) is 42.5 Å². The molecule has 0 radical (unpaired) electrons. The Hall–Kier alpha value is -2.11. The van der Waals surface area contributed by atoms with Crippen LogP contribution in [-0.2, 0) is 16.1 Å². The van der Waals surface area contributed by atoms with Crippen molar-refractivity contribution in [3.8, 4) is 11.1 Å². The highest BCUT2D eigenvalue weighted by atomic mass is 32.2. The van der Waals surface area contributed by atoms with Crippen molar-refractivity contribution in [2.45, 2.75) is 84.3 Å². The van der Waals surface area contributed by atoms with E-state index in [2.05, 4.69) is 30.4 Å². The second-order valence-corrected chi connectivity index (χ2v) is 13.7. The van der Waals surface area contributed by atoms with E-state index in [4.69, 9.17) is 4.74 Å². The van der Waals surface area contributed by atoms with Gasteiger partial charge in [-0.25, -0.2) is 0 Å². The summed E-state index contributed by atoms with van der Waals surface area (Å²) in [5.41, 5.74) is 5.34. The summed E-state index contributed by atoms with van der Waals surface area (Å²) < 4.78 is 6.20. The summed E-state index contributed by atoms with van der Waals surface area (Å²) in [7, 11) is 0. The minimum atomic E-state index is -0.466. The maximum absolute atomic E-state index is 13.4. The van der Waals surface area contributed by atoms with Gasteiger partial charge in [0.25, 0.3) is 5.91 Å². The van der Waals surface area contributed by atoms with E-state index >= 15 is 0 Å². The predicted octanol–water partition coefficient (Wildman–Crippen LogP) is 7.62. The van der Waals surface area contributed by atoms with Crippen LogP contribution >= 0.6 is 11.8 Å². The summed E-state index contributed by atoms with van der Waals surface area (Å²) in [5, 5.41) is 3.00. The molecule has 4 nitrogen and oxygen atoms in total. The zero-order valence-corrected chi connectivity index (χ0v) is 24.8. The monoisotopic (exact) mass is 547 g/mol. The Morgan fingerprint density at radius 2 is 1.72 bits per heavy atom. The molecule has 4 saturated carbocycles. The number of carbonyl (C=O) groups excluding carboxylic acids is 2. The molecule has 4 aliphatic carbocycles. The van der Waals surface area contributed by atoms with Crippen LogP contribution in [0.3, 0.4) is 0 Å². The van der Waals surface area contributed by atoms with Gasteiger partial charge in [0, 0.05) is 12.2 Å². The van der Waals surface area contributed by atoms with Crippen molar-refractivity contribution in [3.05, 3.63) is 59.2 Å². The molecule has 4 bridgehead atoms. The minimum absolute atomic E-state index is 0.00611. The molecular formula is C34H45NO3S. The third kappa shape index (κ3) is 6.79. The Labute approximate surface area is 239 Å². The van der Waals surface area contributed by atoms with E-state index in [1.54, 1.807) is 18.7 Å². The van der Waals surface area contributed by atoms with Gasteiger partial charge in [0.1, 0.15) is 0 Å². The lowest BCUT2D eigenvalue weighted by Crippen LogP contribution is -2.46. The fourth-order valence-electron chi connectivity index (χ4n) is 8.16. The molecule has 0 spiro atoms. The predicted molar refractivity (Wildman–Crippen MR) is 161 cm³/mol. The number of Topliss-reactive ketones (excluding diaryl/α,β-unsaturated/α-hetero) is 1. The second-order valence-electron chi connectivity index (χ2n) is 12.7. The maximum Gasteiger partial charge on any atom is 0.252 e. The maximum atomic E-state index is 13.4. The number of thioether (sulfide) groups is 1. The SMILES string of the molecule is CSCC[C@H](NC(=O)c1ccc(COCCCC23CC4CC(CC(C4)C2)C3)cc1-c1ccccc1C)C(C)=O. The molecule has 0 saturated heterocycles. The summed E-state index contributed by atoms with van der Waals surface area (Å²) in [4.78, 5) is 25.6.